The quantitative estimate of drug-likeness (QED) is 0.527. The fraction of sp³-hybridized carbons (Fsp3) is 0.367. The van der Waals surface area contributed by atoms with E-state index in [1.807, 2.05) is 12.1 Å². The fourth-order valence-electron chi connectivity index (χ4n) is 4.65. The molecule has 0 aliphatic carbocycles. The molecule has 3 aromatic carbocycles. The minimum atomic E-state index is -0.0206. The molecule has 1 heterocycles. The van der Waals surface area contributed by atoms with Gasteiger partial charge < -0.3 is 10.2 Å². The van der Waals surface area contributed by atoms with E-state index in [-0.39, 0.29) is 17.4 Å². The Labute approximate surface area is 204 Å². The summed E-state index contributed by atoms with van der Waals surface area (Å²) in [5, 5.41) is 3.22. The van der Waals surface area contributed by atoms with Crippen molar-refractivity contribution in [1.82, 2.24) is 10.2 Å². The molecule has 1 aliphatic heterocycles. The van der Waals surface area contributed by atoms with Gasteiger partial charge in [-0.3, -0.25) is 9.69 Å². The zero-order valence-corrected chi connectivity index (χ0v) is 21.1. The van der Waals surface area contributed by atoms with Gasteiger partial charge in [-0.25, -0.2) is 0 Å². The number of fused-ring (bicyclic) bond motifs is 1. The Hall–Kier alpha value is -3.11. The normalized spacial score (nSPS) is 14.9. The Morgan fingerprint density at radius 3 is 2.21 bits per heavy atom. The lowest BCUT2D eigenvalue weighted by Gasteiger charge is -2.36. The van der Waals surface area contributed by atoms with E-state index in [4.69, 9.17) is 0 Å². The zero-order chi connectivity index (χ0) is 24.3. The number of anilines is 1. The third kappa shape index (κ3) is 5.51. The van der Waals surface area contributed by atoms with Gasteiger partial charge >= 0.3 is 0 Å². The van der Waals surface area contributed by atoms with Crippen LogP contribution in [0.5, 0.6) is 0 Å². The highest BCUT2D eigenvalue weighted by Gasteiger charge is 2.25. The molecule has 0 saturated heterocycles. The zero-order valence-electron chi connectivity index (χ0n) is 21.1. The lowest BCUT2D eigenvalue weighted by molar-refractivity contribution is 0.0927. The molecule has 0 radical (unpaired) electrons. The van der Waals surface area contributed by atoms with E-state index in [2.05, 4.69) is 111 Å². The van der Waals surface area contributed by atoms with Crippen LogP contribution in [0.2, 0.25) is 0 Å². The van der Waals surface area contributed by atoms with Crippen LogP contribution in [-0.2, 0) is 18.4 Å². The molecule has 1 aliphatic rings. The Bertz CT molecular complexity index is 1110. The largest absolute Gasteiger partial charge is 0.378 e. The maximum Gasteiger partial charge on any atom is 0.251 e. The van der Waals surface area contributed by atoms with Gasteiger partial charge in [-0.05, 0) is 58.4 Å². The van der Waals surface area contributed by atoms with E-state index >= 15 is 0 Å². The molecule has 0 spiro atoms. The van der Waals surface area contributed by atoms with E-state index in [9.17, 15) is 4.79 Å². The summed E-state index contributed by atoms with van der Waals surface area (Å²) < 4.78 is 0. The molecule has 1 amide bonds. The molecule has 1 atom stereocenters. The van der Waals surface area contributed by atoms with Crippen molar-refractivity contribution in [3.05, 3.63) is 101 Å². The van der Waals surface area contributed by atoms with Crippen molar-refractivity contribution in [1.29, 1.82) is 0 Å². The molecule has 4 heteroatoms. The first-order valence-corrected chi connectivity index (χ1v) is 12.2. The first kappa shape index (κ1) is 24.0. The van der Waals surface area contributed by atoms with Crippen molar-refractivity contribution in [3.63, 3.8) is 0 Å². The second-order valence-corrected chi connectivity index (χ2v) is 10.5. The highest BCUT2D eigenvalue weighted by molar-refractivity contribution is 5.94. The Morgan fingerprint density at radius 2 is 1.59 bits per heavy atom. The molecule has 4 nitrogen and oxygen atoms in total. The maximum absolute atomic E-state index is 13.0. The van der Waals surface area contributed by atoms with Crippen molar-refractivity contribution in [2.75, 3.05) is 32.1 Å². The van der Waals surface area contributed by atoms with Gasteiger partial charge in [0.1, 0.15) is 0 Å². The fourth-order valence-corrected chi connectivity index (χ4v) is 4.65. The monoisotopic (exact) mass is 455 g/mol. The lowest BCUT2D eigenvalue weighted by Crippen LogP contribution is -2.40. The molecule has 0 aromatic heterocycles. The van der Waals surface area contributed by atoms with E-state index in [0.717, 1.165) is 19.5 Å². The number of nitrogens with one attached hydrogen (secondary N) is 1. The van der Waals surface area contributed by atoms with Gasteiger partial charge in [0.25, 0.3) is 5.91 Å². The number of amides is 1. The van der Waals surface area contributed by atoms with Crippen molar-refractivity contribution in [2.24, 2.45) is 0 Å². The molecule has 0 fully saturated rings. The van der Waals surface area contributed by atoms with Gasteiger partial charge in [0.15, 0.2) is 0 Å². The first-order chi connectivity index (χ1) is 16.2. The SMILES string of the molecule is CN(C)c1ccc(C(CNC(=O)c2ccc(C(C)(C)C)cc2)N2CCc3ccccc3C2)cc1. The Morgan fingerprint density at radius 1 is 0.941 bits per heavy atom. The van der Waals surface area contributed by atoms with E-state index in [0.29, 0.717) is 12.1 Å². The number of hydrogen-bond acceptors (Lipinski definition) is 3. The lowest BCUT2D eigenvalue weighted by atomic mass is 9.86. The second-order valence-electron chi connectivity index (χ2n) is 10.5. The van der Waals surface area contributed by atoms with E-state index in [1.165, 1.54) is 27.9 Å². The van der Waals surface area contributed by atoms with Crippen LogP contribution < -0.4 is 10.2 Å². The number of carbonyl (C=O) groups excluding carboxylic acids is 1. The number of hydrogen-bond donors (Lipinski definition) is 1. The highest BCUT2D eigenvalue weighted by Crippen LogP contribution is 2.29. The van der Waals surface area contributed by atoms with Crippen molar-refractivity contribution < 1.29 is 4.79 Å². The maximum atomic E-state index is 13.0. The summed E-state index contributed by atoms with van der Waals surface area (Å²) in [5.41, 5.74) is 7.23. The molecule has 4 rings (SSSR count). The molecule has 34 heavy (non-hydrogen) atoms. The minimum Gasteiger partial charge on any atom is -0.378 e. The van der Waals surface area contributed by atoms with Gasteiger partial charge in [0.2, 0.25) is 0 Å². The first-order valence-electron chi connectivity index (χ1n) is 12.2. The van der Waals surface area contributed by atoms with Crippen LogP contribution in [0, 0.1) is 0 Å². The van der Waals surface area contributed by atoms with Crippen LogP contribution in [0.15, 0.2) is 72.8 Å². The predicted octanol–water partition coefficient (Wildman–Crippen LogP) is 5.58. The Balaban J connectivity index is 1.53. The number of nitrogens with zero attached hydrogens (tertiary/aromatic N) is 2. The third-order valence-corrected chi connectivity index (χ3v) is 6.86. The number of carbonyl (C=O) groups is 1. The average Bonchev–Trinajstić information content (AvgIpc) is 2.84. The van der Waals surface area contributed by atoms with Gasteiger partial charge in [-0.15, -0.1) is 0 Å². The summed E-state index contributed by atoms with van der Waals surface area (Å²) >= 11 is 0. The van der Waals surface area contributed by atoms with Crippen LogP contribution in [0.4, 0.5) is 5.69 Å². The Kier molecular flexibility index (Phi) is 7.08. The molecular formula is C30H37N3O. The summed E-state index contributed by atoms with van der Waals surface area (Å²) in [6.45, 7) is 9.00. The van der Waals surface area contributed by atoms with Crippen molar-refractivity contribution >= 4 is 11.6 Å². The standard InChI is InChI=1S/C30H37N3O/c1-30(2,3)26-14-10-24(11-15-26)29(34)31-20-28(23-12-16-27(17-13-23)32(4)5)33-19-18-22-8-6-7-9-25(22)21-33/h6-17,28H,18-21H2,1-5H3,(H,31,34). The highest BCUT2D eigenvalue weighted by atomic mass is 16.1. The van der Waals surface area contributed by atoms with Crippen LogP contribution >= 0.6 is 0 Å². The minimum absolute atomic E-state index is 0.0206. The summed E-state index contributed by atoms with van der Waals surface area (Å²) in [5.74, 6) is -0.0206. The number of benzene rings is 3. The van der Waals surface area contributed by atoms with Gasteiger partial charge in [0, 0.05) is 45.0 Å². The van der Waals surface area contributed by atoms with Gasteiger partial charge in [-0.1, -0.05) is 69.3 Å². The van der Waals surface area contributed by atoms with Crippen LogP contribution in [0.25, 0.3) is 0 Å². The molecule has 0 bridgehead atoms. The number of rotatable bonds is 6. The van der Waals surface area contributed by atoms with Gasteiger partial charge in [0.05, 0.1) is 6.04 Å². The van der Waals surface area contributed by atoms with Crippen LogP contribution in [0.1, 0.15) is 59.4 Å². The smallest absolute Gasteiger partial charge is 0.251 e. The summed E-state index contributed by atoms with van der Waals surface area (Å²) in [7, 11) is 4.11. The van der Waals surface area contributed by atoms with Gasteiger partial charge in [-0.2, -0.15) is 0 Å². The topological polar surface area (TPSA) is 35.6 Å². The van der Waals surface area contributed by atoms with E-state index in [1.54, 1.807) is 0 Å². The molecule has 1 N–H and O–H groups in total. The van der Waals surface area contributed by atoms with Crippen molar-refractivity contribution in [2.45, 2.75) is 45.2 Å². The molecule has 0 saturated carbocycles. The van der Waals surface area contributed by atoms with E-state index < -0.39 is 0 Å². The van der Waals surface area contributed by atoms with Crippen LogP contribution in [0.3, 0.4) is 0 Å². The van der Waals surface area contributed by atoms with Crippen molar-refractivity contribution in [3.8, 4) is 0 Å². The third-order valence-electron chi connectivity index (χ3n) is 6.86. The molecule has 178 valence electrons. The summed E-state index contributed by atoms with van der Waals surface area (Å²) in [4.78, 5) is 17.6. The summed E-state index contributed by atoms with van der Waals surface area (Å²) in [6.07, 6.45) is 1.03. The molecular weight excluding hydrogens is 418 g/mol. The molecule has 3 aromatic rings. The predicted molar refractivity (Wildman–Crippen MR) is 142 cm³/mol. The molecule has 1 unspecified atom stereocenters. The summed E-state index contributed by atoms with van der Waals surface area (Å²) in [6, 6.07) is 25.5. The van der Waals surface area contributed by atoms with Crippen LogP contribution in [-0.4, -0.2) is 38.0 Å². The average molecular weight is 456 g/mol. The second kappa shape index (κ2) is 10.0.